The number of carboxylic acids is 1. The summed E-state index contributed by atoms with van der Waals surface area (Å²) in [5, 5.41) is 18.1. The first kappa shape index (κ1) is 17.3. The van der Waals surface area contributed by atoms with Gasteiger partial charge in [0.05, 0.1) is 0 Å². The second kappa shape index (κ2) is 7.97. The lowest BCUT2D eigenvalue weighted by Crippen LogP contribution is -2.32. The van der Waals surface area contributed by atoms with E-state index in [0.29, 0.717) is 30.9 Å². The smallest absolute Gasteiger partial charge is 0.303 e. The van der Waals surface area contributed by atoms with Gasteiger partial charge >= 0.3 is 5.97 Å². The van der Waals surface area contributed by atoms with Crippen molar-refractivity contribution >= 4 is 17.8 Å². The van der Waals surface area contributed by atoms with Crippen molar-refractivity contribution in [3.8, 4) is 0 Å². The van der Waals surface area contributed by atoms with Crippen LogP contribution in [0.4, 0.5) is 5.88 Å². The molecule has 1 aliphatic rings. The molecule has 6 heteroatoms. The number of aliphatic carboxylic acids is 1. The molecule has 0 bridgehead atoms. The summed E-state index contributed by atoms with van der Waals surface area (Å²) in [7, 11) is 0. The van der Waals surface area contributed by atoms with Crippen LogP contribution in [-0.2, 0) is 9.59 Å². The lowest BCUT2D eigenvalue weighted by Gasteiger charge is -2.21. The zero-order valence-electron chi connectivity index (χ0n) is 13.3. The summed E-state index contributed by atoms with van der Waals surface area (Å²) in [5.41, 5.74) is 0. The van der Waals surface area contributed by atoms with Gasteiger partial charge in [-0.3, -0.25) is 14.5 Å². The van der Waals surface area contributed by atoms with Gasteiger partial charge in [0.1, 0.15) is 11.9 Å². The normalized spacial score (nSPS) is 19.7. The van der Waals surface area contributed by atoms with Crippen molar-refractivity contribution in [1.82, 2.24) is 0 Å². The number of hydrogen-bond donors (Lipinski definition) is 2. The molecule has 1 aromatic heterocycles. The fraction of sp³-hybridized carbons (Fsp3) is 0.529. The molecule has 0 radical (unpaired) electrons. The predicted molar refractivity (Wildman–Crippen MR) is 85.1 cm³/mol. The molecular weight excluding hydrogens is 298 g/mol. The minimum atomic E-state index is -0.780. The number of unbranched alkanes of at least 4 members (excludes halogenated alkanes) is 1. The van der Waals surface area contributed by atoms with Gasteiger partial charge in [-0.05, 0) is 38.7 Å². The van der Waals surface area contributed by atoms with Crippen molar-refractivity contribution in [3.05, 3.63) is 30.0 Å². The average Bonchev–Trinajstić information content (AvgIpc) is 3.09. The summed E-state index contributed by atoms with van der Waals surface area (Å²) in [4.78, 5) is 24.2. The van der Waals surface area contributed by atoms with Crippen LogP contribution in [0.25, 0.3) is 0 Å². The molecule has 2 N–H and O–H groups in total. The Hall–Kier alpha value is -2.08. The number of rotatable bonds is 8. The highest BCUT2D eigenvalue weighted by Crippen LogP contribution is 2.31. The minimum absolute atomic E-state index is 0.0285. The van der Waals surface area contributed by atoms with Crippen molar-refractivity contribution < 1.29 is 24.2 Å². The Kier molecular flexibility index (Phi) is 5.98. The first-order chi connectivity index (χ1) is 11.0. The molecule has 1 saturated heterocycles. The zero-order chi connectivity index (χ0) is 16.8. The maximum absolute atomic E-state index is 12.1. The zero-order valence-corrected chi connectivity index (χ0v) is 13.3. The monoisotopic (exact) mass is 321 g/mol. The Labute approximate surface area is 135 Å². The van der Waals surface area contributed by atoms with E-state index in [0.717, 1.165) is 12.8 Å². The van der Waals surface area contributed by atoms with E-state index in [1.165, 1.54) is 0 Å². The van der Waals surface area contributed by atoms with Crippen molar-refractivity contribution in [2.24, 2.45) is 0 Å². The van der Waals surface area contributed by atoms with Crippen LogP contribution in [0.2, 0.25) is 0 Å². The number of aliphatic hydroxyl groups excluding tert-OH is 1. The third kappa shape index (κ3) is 4.69. The Morgan fingerprint density at radius 2 is 2.26 bits per heavy atom. The second-order valence-electron chi connectivity index (χ2n) is 5.80. The molecule has 0 spiro atoms. The van der Waals surface area contributed by atoms with E-state index in [2.05, 4.69) is 0 Å². The first-order valence-corrected chi connectivity index (χ1v) is 7.95. The maximum Gasteiger partial charge on any atom is 0.303 e. The van der Waals surface area contributed by atoms with Gasteiger partial charge in [-0.25, -0.2) is 0 Å². The molecule has 2 atom stereocenters. The van der Waals surface area contributed by atoms with Crippen LogP contribution >= 0.6 is 0 Å². The van der Waals surface area contributed by atoms with Crippen LogP contribution in [0.1, 0.15) is 57.3 Å². The van der Waals surface area contributed by atoms with Crippen molar-refractivity contribution in [1.29, 1.82) is 0 Å². The summed E-state index contributed by atoms with van der Waals surface area (Å²) < 4.78 is 5.57. The molecule has 2 heterocycles. The third-order valence-corrected chi connectivity index (χ3v) is 3.92. The van der Waals surface area contributed by atoms with Crippen molar-refractivity contribution in [3.63, 3.8) is 0 Å². The summed E-state index contributed by atoms with van der Waals surface area (Å²) in [6.07, 6.45) is 6.75. The van der Waals surface area contributed by atoms with Crippen LogP contribution in [0.5, 0.6) is 0 Å². The Bertz CT molecular complexity index is 575. The van der Waals surface area contributed by atoms with Crippen LogP contribution in [-0.4, -0.2) is 28.1 Å². The molecule has 1 aromatic rings. The van der Waals surface area contributed by atoms with Crippen molar-refractivity contribution in [2.45, 2.75) is 57.6 Å². The highest BCUT2D eigenvalue weighted by molar-refractivity contribution is 5.95. The van der Waals surface area contributed by atoms with Gasteiger partial charge in [0.25, 0.3) is 0 Å². The molecular formula is C17H23NO5. The van der Waals surface area contributed by atoms with Gasteiger partial charge in [0.15, 0.2) is 0 Å². The van der Waals surface area contributed by atoms with Gasteiger partial charge in [-0.2, -0.15) is 0 Å². The number of anilines is 1. The molecule has 126 valence electrons. The Morgan fingerprint density at radius 1 is 1.48 bits per heavy atom. The Morgan fingerprint density at radius 3 is 2.91 bits per heavy atom. The van der Waals surface area contributed by atoms with Crippen LogP contribution in [0, 0.1) is 0 Å². The fourth-order valence-corrected chi connectivity index (χ4v) is 2.71. The number of carbonyl (C=O) groups is 2. The number of carboxylic acid groups (broad SMARTS) is 1. The highest BCUT2D eigenvalue weighted by atomic mass is 16.4. The van der Waals surface area contributed by atoms with E-state index in [1.807, 2.05) is 12.2 Å². The second-order valence-corrected chi connectivity index (χ2v) is 5.80. The molecule has 23 heavy (non-hydrogen) atoms. The van der Waals surface area contributed by atoms with Gasteiger partial charge in [-0.1, -0.05) is 12.2 Å². The molecule has 1 unspecified atom stereocenters. The van der Waals surface area contributed by atoms with E-state index in [-0.39, 0.29) is 18.4 Å². The SMILES string of the molecule is CC(O)c1ccc(N2C(=O)CC[C@H]2C/C=C\CCCC(=O)O)o1. The average molecular weight is 321 g/mol. The number of furan rings is 1. The summed E-state index contributed by atoms with van der Waals surface area (Å²) in [6.45, 7) is 1.62. The topological polar surface area (TPSA) is 91.0 Å². The van der Waals surface area contributed by atoms with Gasteiger partial charge < -0.3 is 14.6 Å². The van der Waals surface area contributed by atoms with E-state index in [9.17, 15) is 14.7 Å². The molecule has 0 aliphatic carbocycles. The first-order valence-electron chi connectivity index (χ1n) is 7.95. The van der Waals surface area contributed by atoms with Crippen LogP contribution in [0.3, 0.4) is 0 Å². The number of aliphatic hydroxyl groups is 1. The predicted octanol–water partition coefficient (Wildman–Crippen LogP) is 3.03. The molecule has 0 saturated carbocycles. The van der Waals surface area contributed by atoms with Crippen LogP contribution in [0.15, 0.2) is 28.7 Å². The minimum Gasteiger partial charge on any atom is -0.481 e. The number of nitrogens with zero attached hydrogens (tertiary/aromatic N) is 1. The highest BCUT2D eigenvalue weighted by Gasteiger charge is 2.33. The Balaban J connectivity index is 1.91. The summed E-state index contributed by atoms with van der Waals surface area (Å²) >= 11 is 0. The largest absolute Gasteiger partial charge is 0.481 e. The third-order valence-electron chi connectivity index (χ3n) is 3.92. The molecule has 2 rings (SSSR count). The number of carbonyl (C=O) groups excluding carboxylic acids is 1. The van der Waals surface area contributed by atoms with E-state index < -0.39 is 12.1 Å². The van der Waals surface area contributed by atoms with Crippen LogP contribution < -0.4 is 4.90 Å². The molecule has 1 fully saturated rings. The summed E-state index contributed by atoms with van der Waals surface area (Å²) in [5.74, 6) is 0.175. The van der Waals surface area contributed by atoms with Crippen molar-refractivity contribution in [2.75, 3.05) is 4.90 Å². The van der Waals surface area contributed by atoms with E-state index in [1.54, 1.807) is 24.0 Å². The molecule has 1 aliphatic heterocycles. The van der Waals surface area contributed by atoms with E-state index >= 15 is 0 Å². The molecule has 0 aromatic carbocycles. The maximum atomic E-state index is 12.1. The van der Waals surface area contributed by atoms with Gasteiger partial charge in [0, 0.05) is 24.9 Å². The van der Waals surface area contributed by atoms with Gasteiger partial charge in [0.2, 0.25) is 11.8 Å². The fourth-order valence-electron chi connectivity index (χ4n) is 2.71. The lowest BCUT2D eigenvalue weighted by molar-refractivity contribution is -0.137. The molecule has 1 amide bonds. The standard InChI is InChI=1S/C17H23NO5/c1-12(19)14-9-11-16(23-14)18-13(8-10-15(18)20)6-4-2-3-5-7-17(21)22/h2,4,9,11-13,19H,3,5-8,10H2,1H3,(H,21,22)/b4-2-/t12?,13-/m1/s1. The number of hydrogen-bond acceptors (Lipinski definition) is 4. The summed E-state index contributed by atoms with van der Waals surface area (Å²) in [6, 6.07) is 3.45. The molecule has 6 nitrogen and oxygen atoms in total. The van der Waals surface area contributed by atoms with E-state index in [4.69, 9.17) is 9.52 Å². The lowest BCUT2D eigenvalue weighted by atomic mass is 10.1. The quantitative estimate of drug-likeness (QED) is 0.567. The number of allylic oxidation sites excluding steroid dienone is 1. The number of amides is 1. The van der Waals surface area contributed by atoms with Gasteiger partial charge in [-0.15, -0.1) is 0 Å².